The van der Waals surface area contributed by atoms with E-state index in [0.717, 1.165) is 38.3 Å². The highest BCUT2D eigenvalue weighted by Gasteiger charge is 2.27. The minimum absolute atomic E-state index is 0.0688. The molecule has 0 amide bonds. The van der Waals surface area contributed by atoms with E-state index in [1.165, 1.54) is 36.4 Å². The lowest BCUT2D eigenvalue weighted by atomic mass is 9.91. The molecular formula is C21H26F2N2O2S. The molecule has 3 rings (SSSR count). The molecule has 1 fully saturated rings. The van der Waals surface area contributed by atoms with Gasteiger partial charge in [-0.05, 0) is 69.1 Å². The first kappa shape index (κ1) is 20.9. The van der Waals surface area contributed by atoms with Crippen molar-refractivity contribution in [2.24, 2.45) is 0 Å². The Morgan fingerprint density at radius 2 is 1.68 bits per heavy atom. The van der Waals surface area contributed by atoms with Gasteiger partial charge in [0, 0.05) is 23.7 Å². The van der Waals surface area contributed by atoms with E-state index in [1.54, 1.807) is 0 Å². The second kappa shape index (κ2) is 8.68. The molecule has 0 bridgehead atoms. The van der Waals surface area contributed by atoms with Crippen molar-refractivity contribution in [2.75, 3.05) is 13.6 Å². The number of rotatable bonds is 6. The second-order valence-electron chi connectivity index (χ2n) is 7.35. The maximum Gasteiger partial charge on any atom is 0.240 e. The standard InChI is InChI=1S/C21H26F2N2O2S/c1-3-25(2)18-9-7-17(8-10-18)24-28(26,27)19-11-4-15(5-12-19)20-13-6-16(22)14-21(20)23/h4-6,11-14,17-18,24H,3,7-10H2,1-2H3. The van der Waals surface area contributed by atoms with Crippen LogP contribution in [-0.4, -0.2) is 39.0 Å². The Morgan fingerprint density at radius 3 is 2.25 bits per heavy atom. The summed E-state index contributed by atoms with van der Waals surface area (Å²) in [6, 6.07) is 9.77. The first-order valence-electron chi connectivity index (χ1n) is 9.58. The molecule has 2 aromatic carbocycles. The van der Waals surface area contributed by atoms with E-state index in [1.807, 2.05) is 0 Å². The molecule has 0 heterocycles. The van der Waals surface area contributed by atoms with Gasteiger partial charge < -0.3 is 4.90 Å². The summed E-state index contributed by atoms with van der Waals surface area (Å²) in [5.74, 6) is -1.33. The Labute approximate surface area is 165 Å². The Balaban J connectivity index is 1.67. The summed E-state index contributed by atoms with van der Waals surface area (Å²) in [4.78, 5) is 2.45. The first-order chi connectivity index (χ1) is 13.3. The summed E-state index contributed by atoms with van der Waals surface area (Å²) in [6.07, 6.45) is 3.57. The molecule has 1 aliphatic rings. The Bertz CT molecular complexity index is 909. The highest BCUT2D eigenvalue weighted by molar-refractivity contribution is 7.89. The predicted molar refractivity (Wildman–Crippen MR) is 106 cm³/mol. The van der Waals surface area contributed by atoms with Crippen LogP contribution in [0.3, 0.4) is 0 Å². The van der Waals surface area contributed by atoms with E-state index in [2.05, 4.69) is 23.6 Å². The van der Waals surface area contributed by atoms with Crippen molar-refractivity contribution < 1.29 is 17.2 Å². The van der Waals surface area contributed by atoms with Crippen molar-refractivity contribution in [3.63, 3.8) is 0 Å². The van der Waals surface area contributed by atoms with Gasteiger partial charge in [-0.15, -0.1) is 0 Å². The van der Waals surface area contributed by atoms with Gasteiger partial charge in [0.2, 0.25) is 10.0 Å². The van der Waals surface area contributed by atoms with Gasteiger partial charge in [-0.2, -0.15) is 0 Å². The number of sulfonamides is 1. The van der Waals surface area contributed by atoms with Crippen molar-refractivity contribution in [3.8, 4) is 11.1 Å². The van der Waals surface area contributed by atoms with Crippen LogP contribution in [0.1, 0.15) is 32.6 Å². The summed E-state index contributed by atoms with van der Waals surface area (Å²) >= 11 is 0. The zero-order chi connectivity index (χ0) is 20.3. The summed E-state index contributed by atoms with van der Waals surface area (Å²) in [5.41, 5.74) is 0.733. The van der Waals surface area contributed by atoms with Crippen LogP contribution in [0.4, 0.5) is 8.78 Å². The third-order valence-electron chi connectivity index (χ3n) is 5.55. The van der Waals surface area contributed by atoms with Crippen LogP contribution in [0.15, 0.2) is 47.4 Å². The van der Waals surface area contributed by atoms with Crippen LogP contribution in [0.25, 0.3) is 11.1 Å². The van der Waals surface area contributed by atoms with Crippen LogP contribution in [0.2, 0.25) is 0 Å². The van der Waals surface area contributed by atoms with Crippen LogP contribution >= 0.6 is 0 Å². The molecule has 1 aliphatic carbocycles. The molecule has 1 saturated carbocycles. The molecule has 152 valence electrons. The van der Waals surface area contributed by atoms with E-state index in [9.17, 15) is 17.2 Å². The number of hydrogen-bond acceptors (Lipinski definition) is 3. The molecule has 2 aromatic rings. The topological polar surface area (TPSA) is 49.4 Å². The van der Waals surface area contributed by atoms with Crippen LogP contribution in [0.5, 0.6) is 0 Å². The Hall–Kier alpha value is -1.83. The maximum absolute atomic E-state index is 13.9. The Kier molecular flexibility index (Phi) is 6.47. The van der Waals surface area contributed by atoms with E-state index in [0.29, 0.717) is 11.6 Å². The molecule has 0 saturated heterocycles. The van der Waals surface area contributed by atoms with E-state index < -0.39 is 21.7 Å². The van der Waals surface area contributed by atoms with Gasteiger partial charge in [-0.3, -0.25) is 0 Å². The number of nitrogens with one attached hydrogen (secondary N) is 1. The highest BCUT2D eigenvalue weighted by atomic mass is 32.2. The predicted octanol–water partition coefficient (Wildman–Crippen LogP) is 4.17. The normalized spacial score (nSPS) is 20.5. The van der Waals surface area contributed by atoms with Gasteiger partial charge in [0.25, 0.3) is 0 Å². The smallest absolute Gasteiger partial charge is 0.240 e. The summed E-state index contributed by atoms with van der Waals surface area (Å²) in [5, 5.41) is 0. The number of hydrogen-bond donors (Lipinski definition) is 1. The largest absolute Gasteiger partial charge is 0.304 e. The molecule has 4 nitrogen and oxygen atoms in total. The molecule has 0 aromatic heterocycles. The number of nitrogens with zero attached hydrogens (tertiary/aromatic N) is 1. The third-order valence-corrected chi connectivity index (χ3v) is 7.08. The molecule has 1 N–H and O–H groups in total. The molecule has 28 heavy (non-hydrogen) atoms. The Morgan fingerprint density at radius 1 is 1.04 bits per heavy atom. The molecule has 0 radical (unpaired) electrons. The molecule has 0 atom stereocenters. The molecule has 0 spiro atoms. The van der Waals surface area contributed by atoms with Gasteiger partial charge >= 0.3 is 0 Å². The first-order valence-corrected chi connectivity index (χ1v) is 11.1. The highest BCUT2D eigenvalue weighted by Crippen LogP contribution is 2.26. The fraction of sp³-hybridized carbons (Fsp3) is 0.429. The lowest BCUT2D eigenvalue weighted by Gasteiger charge is -2.34. The fourth-order valence-corrected chi connectivity index (χ4v) is 5.02. The quantitative estimate of drug-likeness (QED) is 0.780. The van der Waals surface area contributed by atoms with E-state index in [-0.39, 0.29) is 16.5 Å². The minimum atomic E-state index is -3.64. The fourth-order valence-electron chi connectivity index (χ4n) is 3.72. The van der Waals surface area contributed by atoms with Crippen molar-refractivity contribution in [2.45, 2.75) is 49.6 Å². The van der Waals surface area contributed by atoms with Gasteiger partial charge in [0.1, 0.15) is 11.6 Å². The van der Waals surface area contributed by atoms with Gasteiger partial charge in [-0.25, -0.2) is 21.9 Å². The number of benzene rings is 2. The van der Waals surface area contributed by atoms with Crippen molar-refractivity contribution in [3.05, 3.63) is 54.1 Å². The third kappa shape index (κ3) is 4.77. The number of halogens is 2. The van der Waals surface area contributed by atoms with Gasteiger partial charge in [0.15, 0.2) is 0 Å². The molecule has 0 unspecified atom stereocenters. The molecule has 0 aliphatic heterocycles. The van der Waals surface area contributed by atoms with Crippen molar-refractivity contribution in [1.82, 2.24) is 9.62 Å². The summed E-state index contributed by atoms with van der Waals surface area (Å²) < 4.78 is 55.2. The average molecular weight is 409 g/mol. The van der Waals surface area contributed by atoms with E-state index in [4.69, 9.17) is 0 Å². The SMILES string of the molecule is CCN(C)C1CCC(NS(=O)(=O)c2ccc(-c3ccc(F)cc3F)cc2)CC1. The molecule has 7 heteroatoms. The van der Waals surface area contributed by atoms with Crippen LogP contribution in [-0.2, 0) is 10.0 Å². The molecular weight excluding hydrogens is 382 g/mol. The van der Waals surface area contributed by atoms with Crippen molar-refractivity contribution >= 4 is 10.0 Å². The monoisotopic (exact) mass is 408 g/mol. The summed E-state index contributed by atoms with van der Waals surface area (Å²) in [6.45, 7) is 3.11. The summed E-state index contributed by atoms with van der Waals surface area (Å²) in [7, 11) is -1.54. The maximum atomic E-state index is 13.9. The van der Waals surface area contributed by atoms with E-state index >= 15 is 0 Å². The van der Waals surface area contributed by atoms with Crippen molar-refractivity contribution in [1.29, 1.82) is 0 Å². The van der Waals surface area contributed by atoms with Gasteiger partial charge in [0.05, 0.1) is 4.90 Å². The zero-order valence-electron chi connectivity index (χ0n) is 16.2. The average Bonchev–Trinajstić information content (AvgIpc) is 2.68. The lowest BCUT2D eigenvalue weighted by molar-refractivity contribution is 0.187. The van der Waals surface area contributed by atoms with Gasteiger partial charge in [-0.1, -0.05) is 19.1 Å². The lowest BCUT2D eigenvalue weighted by Crippen LogP contribution is -2.42. The van der Waals surface area contributed by atoms with Crippen LogP contribution < -0.4 is 4.72 Å². The zero-order valence-corrected chi connectivity index (χ0v) is 17.0. The minimum Gasteiger partial charge on any atom is -0.304 e. The van der Waals surface area contributed by atoms with Crippen LogP contribution in [0, 0.1) is 11.6 Å². The second-order valence-corrected chi connectivity index (χ2v) is 9.06.